The van der Waals surface area contributed by atoms with Crippen LogP contribution in [0.4, 0.5) is 9.52 Å². The summed E-state index contributed by atoms with van der Waals surface area (Å²) < 4.78 is 12.9. The highest BCUT2D eigenvalue weighted by molar-refractivity contribution is 7.14. The Morgan fingerprint density at radius 3 is 2.50 bits per heavy atom. The standard InChI is InChI=1S/C15H18FN3S/c1-10(15(2,3)4)18-19-14-17-13(9-20-14)11-5-7-12(16)8-6-11/h5-9H,1-4H3,(H,17,19)/b18-10-. The van der Waals surface area contributed by atoms with Gasteiger partial charge < -0.3 is 0 Å². The van der Waals surface area contributed by atoms with Gasteiger partial charge in [-0.1, -0.05) is 20.8 Å². The highest BCUT2D eigenvalue weighted by atomic mass is 32.1. The summed E-state index contributed by atoms with van der Waals surface area (Å²) in [6.45, 7) is 8.32. The second-order valence-corrected chi connectivity index (χ2v) is 6.46. The van der Waals surface area contributed by atoms with Gasteiger partial charge in [-0.3, -0.25) is 5.43 Å². The molecule has 0 atom stereocenters. The average molecular weight is 291 g/mol. The molecule has 106 valence electrons. The zero-order chi connectivity index (χ0) is 14.8. The van der Waals surface area contributed by atoms with Gasteiger partial charge in [0.15, 0.2) is 0 Å². The molecule has 0 bridgehead atoms. The van der Waals surface area contributed by atoms with Crippen LogP contribution in [0.2, 0.25) is 0 Å². The van der Waals surface area contributed by atoms with Gasteiger partial charge in [0.2, 0.25) is 5.13 Å². The highest BCUT2D eigenvalue weighted by Crippen LogP contribution is 2.25. The van der Waals surface area contributed by atoms with E-state index in [1.165, 1.54) is 23.5 Å². The van der Waals surface area contributed by atoms with E-state index in [2.05, 4.69) is 36.3 Å². The zero-order valence-corrected chi connectivity index (χ0v) is 12.9. The number of thiazole rings is 1. The van der Waals surface area contributed by atoms with Gasteiger partial charge in [-0.05, 0) is 31.2 Å². The van der Waals surface area contributed by atoms with Crippen molar-refractivity contribution >= 4 is 22.2 Å². The van der Waals surface area contributed by atoms with E-state index in [1.807, 2.05) is 12.3 Å². The smallest absolute Gasteiger partial charge is 0.203 e. The molecule has 0 saturated heterocycles. The Morgan fingerprint density at radius 1 is 1.25 bits per heavy atom. The first-order chi connectivity index (χ1) is 9.36. The van der Waals surface area contributed by atoms with E-state index in [1.54, 1.807) is 12.1 Å². The summed E-state index contributed by atoms with van der Waals surface area (Å²) in [5.41, 5.74) is 5.73. The molecule has 0 aliphatic rings. The monoisotopic (exact) mass is 291 g/mol. The van der Waals surface area contributed by atoms with Crippen molar-refractivity contribution in [3.63, 3.8) is 0 Å². The van der Waals surface area contributed by atoms with Crippen molar-refractivity contribution in [2.45, 2.75) is 27.7 Å². The second-order valence-electron chi connectivity index (χ2n) is 5.60. The van der Waals surface area contributed by atoms with Crippen LogP contribution in [0.3, 0.4) is 0 Å². The fraction of sp³-hybridized carbons (Fsp3) is 0.333. The third-order valence-corrected chi connectivity index (χ3v) is 3.80. The van der Waals surface area contributed by atoms with E-state index < -0.39 is 0 Å². The lowest BCUT2D eigenvalue weighted by Gasteiger charge is -2.17. The van der Waals surface area contributed by atoms with Gasteiger partial charge in [0.1, 0.15) is 5.82 Å². The number of halogens is 1. The first kappa shape index (κ1) is 14.7. The first-order valence-electron chi connectivity index (χ1n) is 6.38. The number of rotatable bonds is 3. The topological polar surface area (TPSA) is 37.3 Å². The molecule has 0 aliphatic carbocycles. The number of hydrogen-bond donors (Lipinski definition) is 1. The van der Waals surface area contributed by atoms with Crippen molar-refractivity contribution in [1.29, 1.82) is 0 Å². The fourth-order valence-corrected chi connectivity index (χ4v) is 2.04. The average Bonchev–Trinajstić information content (AvgIpc) is 2.84. The molecule has 0 amide bonds. The quantitative estimate of drug-likeness (QED) is 0.652. The van der Waals surface area contributed by atoms with Crippen LogP contribution in [-0.2, 0) is 0 Å². The Morgan fingerprint density at radius 2 is 1.90 bits per heavy atom. The summed E-state index contributed by atoms with van der Waals surface area (Å²) in [6.07, 6.45) is 0. The third-order valence-electron chi connectivity index (χ3n) is 3.05. The summed E-state index contributed by atoms with van der Waals surface area (Å²) in [6, 6.07) is 6.31. The van der Waals surface area contributed by atoms with Crippen LogP contribution in [0.5, 0.6) is 0 Å². The third kappa shape index (κ3) is 3.63. The van der Waals surface area contributed by atoms with E-state index in [-0.39, 0.29) is 11.2 Å². The molecule has 0 aliphatic heterocycles. The van der Waals surface area contributed by atoms with Crippen LogP contribution in [0, 0.1) is 11.2 Å². The minimum atomic E-state index is -0.243. The van der Waals surface area contributed by atoms with E-state index in [4.69, 9.17) is 0 Å². The molecule has 0 fully saturated rings. The molecule has 3 nitrogen and oxygen atoms in total. The Kier molecular flexibility index (Phi) is 4.18. The van der Waals surface area contributed by atoms with Gasteiger partial charge in [0.25, 0.3) is 0 Å². The summed E-state index contributed by atoms with van der Waals surface area (Å²) in [4.78, 5) is 4.44. The van der Waals surface area contributed by atoms with Gasteiger partial charge >= 0.3 is 0 Å². The van der Waals surface area contributed by atoms with Crippen LogP contribution < -0.4 is 5.43 Å². The van der Waals surface area contributed by atoms with Crippen molar-refractivity contribution in [2.75, 3.05) is 5.43 Å². The maximum absolute atomic E-state index is 12.9. The normalized spacial score (nSPS) is 12.6. The van der Waals surface area contributed by atoms with Crippen LogP contribution in [0.25, 0.3) is 11.3 Å². The first-order valence-corrected chi connectivity index (χ1v) is 7.26. The molecule has 1 aromatic carbocycles. The summed E-state index contributed by atoms with van der Waals surface area (Å²) >= 11 is 1.48. The van der Waals surface area contributed by atoms with E-state index in [9.17, 15) is 4.39 Å². The molecule has 5 heteroatoms. The molecule has 1 N–H and O–H groups in total. The van der Waals surface area contributed by atoms with Gasteiger partial charge in [-0.2, -0.15) is 5.10 Å². The lowest BCUT2D eigenvalue weighted by molar-refractivity contribution is 0.587. The lowest BCUT2D eigenvalue weighted by atomic mass is 9.91. The molecule has 0 unspecified atom stereocenters. The van der Waals surface area contributed by atoms with E-state index in [0.29, 0.717) is 0 Å². The van der Waals surface area contributed by atoms with Crippen molar-refractivity contribution in [3.8, 4) is 11.3 Å². The number of nitrogens with zero attached hydrogens (tertiary/aromatic N) is 2. The Hall–Kier alpha value is -1.75. The maximum Gasteiger partial charge on any atom is 0.203 e. The van der Waals surface area contributed by atoms with Crippen molar-refractivity contribution in [2.24, 2.45) is 10.5 Å². The molecular weight excluding hydrogens is 273 g/mol. The Labute approximate surface area is 122 Å². The fourth-order valence-electron chi connectivity index (χ4n) is 1.38. The molecule has 20 heavy (non-hydrogen) atoms. The minimum Gasteiger partial charge on any atom is -0.253 e. The van der Waals surface area contributed by atoms with Crippen molar-refractivity contribution < 1.29 is 4.39 Å². The second kappa shape index (κ2) is 5.71. The van der Waals surface area contributed by atoms with Gasteiger partial charge in [0, 0.05) is 22.1 Å². The summed E-state index contributed by atoms with van der Waals surface area (Å²) in [7, 11) is 0. The van der Waals surface area contributed by atoms with Crippen LogP contribution in [-0.4, -0.2) is 10.7 Å². The molecule has 0 spiro atoms. The van der Waals surface area contributed by atoms with E-state index in [0.717, 1.165) is 22.1 Å². The number of hydrogen-bond acceptors (Lipinski definition) is 4. The minimum absolute atomic E-state index is 0.0318. The predicted octanol–water partition coefficient (Wildman–Crippen LogP) is 4.78. The number of aromatic nitrogens is 1. The number of nitrogens with one attached hydrogen (secondary N) is 1. The van der Waals surface area contributed by atoms with Crippen molar-refractivity contribution in [1.82, 2.24) is 4.98 Å². The van der Waals surface area contributed by atoms with Crippen LogP contribution in [0.15, 0.2) is 34.7 Å². The summed E-state index contributed by atoms with van der Waals surface area (Å²) in [5, 5.41) is 7.00. The highest BCUT2D eigenvalue weighted by Gasteiger charge is 2.14. The molecule has 2 rings (SSSR count). The lowest BCUT2D eigenvalue weighted by Crippen LogP contribution is -2.18. The molecule has 1 aromatic heterocycles. The largest absolute Gasteiger partial charge is 0.253 e. The number of benzene rings is 1. The molecule has 0 radical (unpaired) electrons. The molecular formula is C15H18FN3S. The van der Waals surface area contributed by atoms with Gasteiger partial charge in [-0.25, -0.2) is 9.37 Å². The SMILES string of the molecule is C/C(=N/Nc1nc(-c2ccc(F)cc2)cs1)C(C)(C)C. The molecule has 2 aromatic rings. The zero-order valence-electron chi connectivity index (χ0n) is 12.1. The van der Waals surface area contributed by atoms with Crippen LogP contribution >= 0.6 is 11.3 Å². The predicted molar refractivity (Wildman–Crippen MR) is 83.7 cm³/mol. The Bertz CT molecular complexity index is 609. The Balaban J connectivity index is 2.12. The van der Waals surface area contributed by atoms with Crippen molar-refractivity contribution in [3.05, 3.63) is 35.5 Å². The molecule has 1 heterocycles. The van der Waals surface area contributed by atoms with Crippen LogP contribution in [0.1, 0.15) is 27.7 Å². The summed E-state index contributed by atoms with van der Waals surface area (Å²) in [5.74, 6) is -0.243. The molecule has 0 saturated carbocycles. The van der Waals surface area contributed by atoms with Gasteiger partial charge in [0.05, 0.1) is 5.69 Å². The van der Waals surface area contributed by atoms with E-state index >= 15 is 0 Å². The maximum atomic E-state index is 12.9. The number of hydrazone groups is 1. The number of anilines is 1. The van der Waals surface area contributed by atoms with Gasteiger partial charge in [-0.15, -0.1) is 11.3 Å².